The summed E-state index contributed by atoms with van der Waals surface area (Å²) in [7, 11) is 1.62. The Labute approximate surface area is 71.2 Å². The number of ether oxygens (including phenoxy) is 1. The summed E-state index contributed by atoms with van der Waals surface area (Å²) >= 11 is 0. The molecule has 12 heavy (non-hydrogen) atoms. The maximum absolute atomic E-state index is 9.50. The Bertz CT molecular complexity index is 143. The van der Waals surface area contributed by atoms with Crippen molar-refractivity contribution in [1.29, 1.82) is 0 Å². The lowest BCUT2D eigenvalue weighted by Crippen LogP contribution is -2.38. The summed E-state index contributed by atoms with van der Waals surface area (Å²) in [4.78, 5) is 5.02. The van der Waals surface area contributed by atoms with Crippen LogP contribution in [-0.4, -0.2) is 48.3 Å². The first-order valence-electron chi connectivity index (χ1n) is 3.97. The van der Waals surface area contributed by atoms with Crippen LogP contribution >= 0.6 is 0 Å². The number of aliphatic hydroxyl groups excluding tert-OH is 2. The van der Waals surface area contributed by atoms with Crippen LogP contribution in [0.3, 0.4) is 0 Å². The highest BCUT2D eigenvalue weighted by atomic mass is 16.7. The first-order chi connectivity index (χ1) is 5.70. The highest BCUT2D eigenvalue weighted by Crippen LogP contribution is 2.22. The Morgan fingerprint density at radius 3 is 2.67 bits per heavy atom. The van der Waals surface area contributed by atoms with E-state index in [0.717, 1.165) is 0 Å². The van der Waals surface area contributed by atoms with Crippen molar-refractivity contribution < 1.29 is 19.8 Å². The molecular weight excluding hydrogens is 162 g/mol. The average Bonchev–Trinajstić information content (AvgIpc) is 2.32. The van der Waals surface area contributed by atoms with E-state index in [1.165, 1.54) is 0 Å². The molecule has 4 unspecified atom stereocenters. The van der Waals surface area contributed by atoms with Gasteiger partial charge in [-0.15, -0.1) is 0 Å². The van der Waals surface area contributed by atoms with Gasteiger partial charge >= 0.3 is 0 Å². The Hall–Kier alpha value is -0.200. The SMILES string of the molecule is CNOC1C(C)OC(CO)C1O. The molecule has 0 spiro atoms. The van der Waals surface area contributed by atoms with Gasteiger partial charge in [0.1, 0.15) is 18.3 Å². The van der Waals surface area contributed by atoms with Gasteiger partial charge in [-0.1, -0.05) is 0 Å². The van der Waals surface area contributed by atoms with Crippen LogP contribution in [0.25, 0.3) is 0 Å². The van der Waals surface area contributed by atoms with E-state index >= 15 is 0 Å². The largest absolute Gasteiger partial charge is 0.394 e. The zero-order valence-electron chi connectivity index (χ0n) is 7.23. The average molecular weight is 177 g/mol. The fourth-order valence-corrected chi connectivity index (χ4v) is 1.38. The quantitative estimate of drug-likeness (QED) is 0.465. The van der Waals surface area contributed by atoms with E-state index in [1.807, 2.05) is 0 Å². The van der Waals surface area contributed by atoms with Crippen molar-refractivity contribution in [3.05, 3.63) is 0 Å². The Kier molecular flexibility index (Phi) is 3.42. The minimum atomic E-state index is -0.766. The van der Waals surface area contributed by atoms with Crippen molar-refractivity contribution in [2.75, 3.05) is 13.7 Å². The second-order valence-corrected chi connectivity index (χ2v) is 2.84. The number of hydrogen-bond donors (Lipinski definition) is 3. The van der Waals surface area contributed by atoms with E-state index in [4.69, 9.17) is 14.7 Å². The number of hydrogen-bond acceptors (Lipinski definition) is 5. The molecule has 1 aliphatic rings. The number of hydroxylamine groups is 1. The fourth-order valence-electron chi connectivity index (χ4n) is 1.38. The van der Waals surface area contributed by atoms with Crippen LogP contribution in [-0.2, 0) is 9.57 Å². The van der Waals surface area contributed by atoms with Crippen molar-refractivity contribution in [2.45, 2.75) is 31.3 Å². The van der Waals surface area contributed by atoms with Crippen molar-refractivity contribution in [2.24, 2.45) is 0 Å². The van der Waals surface area contributed by atoms with Crippen molar-refractivity contribution >= 4 is 0 Å². The zero-order valence-corrected chi connectivity index (χ0v) is 7.23. The summed E-state index contributed by atoms with van der Waals surface area (Å²) in [5.74, 6) is 0. The van der Waals surface area contributed by atoms with Crippen molar-refractivity contribution in [3.63, 3.8) is 0 Å². The molecule has 1 heterocycles. The first-order valence-corrected chi connectivity index (χ1v) is 3.97. The standard InChI is InChI=1S/C7H15NO4/c1-4-7(12-8-2)6(10)5(3-9)11-4/h4-10H,3H2,1-2H3. The molecule has 0 aromatic carbocycles. The topological polar surface area (TPSA) is 71.0 Å². The normalized spacial score (nSPS) is 42.0. The Balaban J connectivity index is 2.51. The number of aliphatic hydroxyl groups is 2. The molecule has 1 saturated heterocycles. The molecule has 0 amide bonds. The third-order valence-corrected chi connectivity index (χ3v) is 2.00. The van der Waals surface area contributed by atoms with Crippen LogP contribution in [0.4, 0.5) is 0 Å². The molecule has 5 nitrogen and oxygen atoms in total. The van der Waals surface area contributed by atoms with Crippen LogP contribution in [0.1, 0.15) is 6.92 Å². The number of nitrogens with one attached hydrogen (secondary N) is 1. The highest BCUT2D eigenvalue weighted by Gasteiger charge is 2.41. The summed E-state index contributed by atoms with van der Waals surface area (Å²) in [5, 5.41) is 18.3. The zero-order chi connectivity index (χ0) is 9.14. The van der Waals surface area contributed by atoms with E-state index in [2.05, 4.69) is 5.48 Å². The third kappa shape index (κ3) is 1.75. The summed E-state index contributed by atoms with van der Waals surface area (Å²) in [5.41, 5.74) is 2.49. The van der Waals surface area contributed by atoms with E-state index in [1.54, 1.807) is 14.0 Å². The smallest absolute Gasteiger partial charge is 0.133 e. The molecule has 1 rings (SSSR count). The van der Waals surface area contributed by atoms with Crippen LogP contribution < -0.4 is 5.48 Å². The van der Waals surface area contributed by atoms with E-state index < -0.39 is 18.3 Å². The predicted molar refractivity (Wildman–Crippen MR) is 41.4 cm³/mol. The molecule has 1 fully saturated rings. The van der Waals surface area contributed by atoms with Gasteiger partial charge in [0.2, 0.25) is 0 Å². The molecule has 3 N–H and O–H groups in total. The van der Waals surface area contributed by atoms with Crippen LogP contribution in [0.5, 0.6) is 0 Å². The molecule has 4 atom stereocenters. The van der Waals surface area contributed by atoms with Crippen LogP contribution in [0.2, 0.25) is 0 Å². The minimum Gasteiger partial charge on any atom is -0.394 e. The monoisotopic (exact) mass is 177 g/mol. The maximum Gasteiger partial charge on any atom is 0.133 e. The highest BCUT2D eigenvalue weighted by molar-refractivity contribution is 4.88. The van der Waals surface area contributed by atoms with Gasteiger partial charge < -0.3 is 14.9 Å². The minimum absolute atomic E-state index is 0.185. The van der Waals surface area contributed by atoms with Crippen LogP contribution in [0, 0.1) is 0 Å². The molecule has 0 aliphatic carbocycles. The first kappa shape index (κ1) is 9.88. The predicted octanol–water partition coefficient (Wildman–Crippen LogP) is -1.35. The summed E-state index contributed by atoms with van der Waals surface area (Å²) in [6.45, 7) is 1.61. The lowest BCUT2D eigenvalue weighted by Gasteiger charge is -2.16. The third-order valence-electron chi connectivity index (χ3n) is 2.00. The van der Waals surface area contributed by atoms with Crippen molar-refractivity contribution in [3.8, 4) is 0 Å². The Morgan fingerprint density at radius 1 is 1.58 bits per heavy atom. The second-order valence-electron chi connectivity index (χ2n) is 2.84. The molecule has 0 aromatic heterocycles. The van der Waals surface area contributed by atoms with E-state index in [-0.39, 0.29) is 12.7 Å². The maximum atomic E-state index is 9.50. The Morgan fingerprint density at radius 2 is 2.25 bits per heavy atom. The van der Waals surface area contributed by atoms with E-state index in [9.17, 15) is 5.11 Å². The van der Waals surface area contributed by atoms with Crippen molar-refractivity contribution in [1.82, 2.24) is 5.48 Å². The van der Waals surface area contributed by atoms with Gasteiger partial charge in [-0.3, -0.25) is 4.84 Å². The van der Waals surface area contributed by atoms with Gasteiger partial charge in [0.15, 0.2) is 0 Å². The lowest BCUT2D eigenvalue weighted by atomic mass is 10.1. The molecule has 0 aromatic rings. The number of rotatable bonds is 3. The molecule has 0 bridgehead atoms. The fraction of sp³-hybridized carbons (Fsp3) is 1.00. The van der Waals surface area contributed by atoms with Gasteiger partial charge in [-0.25, -0.2) is 5.48 Å². The summed E-state index contributed by atoms with van der Waals surface area (Å²) < 4.78 is 5.22. The molecule has 0 radical (unpaired) electrons. The molecule has 5 heteroatoms. The molecule has 1 aliphatic heterocycles. The van der Waals surface area contributed by atoms with E-state index in [0.29, 0.717) is 0 Å². The van der Waals surface area contributed by atoms with Gasteiger partial charge in [0.25, 0.3) is 0 Å². The van der Waals surface area contributed by atoms with Gasteiger partial charge in [-0.2, -0.15) is 0 Å². The van der Waals surface area contributed by atoms with Crippen LogP contribution in [0.15, 0.2) is 0 Å². The molecule has 72 valence electrons. The molecule has 0 saturated carbocycles. The van der Waals surface area contributed by atoms with Gasteiger partial charge in [0.05, 0.1) is 12.7 Å². The summed E-state index contributed by atoms with van der Waals surface area (Å²) in [6, 6.07) is 0. The lowest BCUT2D eigenvalue weighted by molar-refractivity contribution is -0.0765. The second kappa shape index (κ2) is 4.15. The van der Waals surface area contributed by atoms with Gasteiger partial charge in [-0.05, 0) is 6.92 Å². The molecular formula is C7H15NO4. The van der Waals surface area contributed by atoms with Gasteiger partial charge in [0, 0.05) is 7.05 Å². The summed E-state index contributed by atoms with van der Waals surface area (Å²) in [6.07, 6.45) is -1.91.